The van der Waals surface area contributed by atoms with Crippen molar-refractivity contribution in [1.82, 2.24) is 10.3 Å². The lowest BCUT2D eigenvalue weighted by atomic mass is 9.78. The molecule has 3 heterocycles. The Hall–Kier alpha value is -3.33. The second-order valence-corrected chi connectivity index (χ2v) is 9.72. The van der Waals surface area contributed by atoms with Gasteiger partial charge in [0.25, 0.3) is 0 Å². The number of aromatic nitrogens is 1. The molecule has 190 valence electrons. The molecule has 3 N–H and O–H groups in total. The summed E-state index contributed by atoms with van der Waals surface area (Å²) >= 11 is 0. The van der Waals surface area contributed by atoms with Crippen molar-refractivity contribution in [1.29, 1.82) is 0 Å². The Morgan fingerprint density at radius 2 is 1.75 bits per heavy atom. The minimum atomic E-state index is -5.99. The molecule has 3 aromatic rings. The average Bonchev–Trinajstić information content (AvgIpc) is 2.78. The first kappa shape index (κ1) is 24.4. The first-order chi connectivity index (χ1) is 16.8. The van der Waals surface area contributed by atoms with E-state index in [4.69, 9.17) is 15.2 Å². The van der Waals surface area contributed by atoms with E-state index >= 15 is 4.39 Å². The van der Waals surface area contributed by atoms with E-state index in [9.17, 15) is 26.0 Å². The fraction of sp³-hybridized carbons (Fsp3) is 0.227. The number of nitrogens with two attached hydrogens (primary N) is 1. The number of fused-ring (bicyclic) bond motifs is 4. The number of nitrogens with one attached hydrogen (secondary N) is 1. The maximum atomic E-state index is 15.1. The molecule has 1 fully saturated rings. The molecule has 2 unspecified atom stereocenters. The van der Waals surface area contributed by atoms with Crippen LogP contribution in [-0.4, -0.2) is 38.0 Å². The minimum Gasteiger partial charge on any atom is -0.457 e. The molecule has 1 spiro atoms. The van der Waals surface area contributed by atoms with E-state index < -0.39 is 45.4 Å². The minimum absolute atomic E-state index is 0.0131. The van der Waals surface area contributed by atoms with Crippen molar-refractivity contribution in [2.75, 3.05) is 13.2 Å². The zero-order chi connectivity index (χ0) is 25.9. The summed E-state index contributed by atoms with van der Waals surface area (Å²) in [7, 11) is -5.99. The van der Waals surface area contributed by atoms with Crippen molar-refractivity contribution >= 4 is 10.1 Å². The highest BCUT2D eigenvalue weighted by molar-refractivity contribution is 7.88. The number of halogens is 5. The van der Waals surface area contributed by atoms with Crippen molar-refractivity contribution in [2.24, 2.45) is 5.73 Å². The van der Waals surface area contributed by atoms with E-state index in [0.717, 1.165) is 12.1 Å². The molecule has 0 radical (unpaired) electrons. The molecule has 2 aromatic carbocycles. The molecular formula is C22H16F5N3O5S. The van der Waals surface area contributed by atoms with Crippen LogP contribution in [0.25, 0.3) is 11.1 Å². The van der Waals surface area contributed by atoms with Gasteiger partial charge in [-0.2, -0.15) is 26.0 Å². The Morgan fingerprint density at radius 1 is 1.06 bits per heavy atom. The molecule has 1 aromatic heterocycles. The third-order valence-electron chi connectivity index (χ3n) is 5.68. The van der Waals surface area contributed by atoms with Gasteiger partial charge in [-0.05, 0) is 48.0 Å². The molecular weight excluding hydrogens is 513 g/mol. The zero-order valence-corrected chi connectivity index (χ0v) is 18.8. The maximum Gasteiger partial charge on any atom is 0.534 e. The normalized spacial score (nSPS) is 23.5. The van der Waals surface area contributed by atoms with Gasteiger partial charge in [-0.3, -0.25) is 11.1 Å². The van der Waals surface area contributed by atoms with Gasteiger partial charge >= 0.3 is 15.6 Å². The Bertz CT molecular complexity index is 1460. The van der Waals surface area contributed by atoms with Gasteiger partial charge in [-0.15, -0.1) is 0 Å². The lowest BCUT2D eigenvalue weighted by molar-refractivity contribution is -0.0906. The van der Waals surface area contributed by atoms with Crippen molar-refractivity contribution in [2.45, 2.75) is 17.0 Å². The fourth-order valence-electron chi connectivity index (χ4n) is 4.21. The van der Waals surface area contributed by atoms with E-state index in [1.54, 1.807) is 6.07 Å². The molecule has 5 rings (SSSR count). The van der Waals surface area contributed by atoms with Crippen LogP contribution in [0.5, 0.6) is 17.2 Å². The number of hydrogen-bond donors (Lipinski definition) is 2. The van der Waals surface area contributed by atoms with Crippen LogP contribution in [0, 0.1) is 5.95 Å². The second kappa shape index (κ2) is 8.09. The monoisotopic (exact) mass is 529 g/mol. The molecule has 2 atom stereocenters. The van der Waals surface area contributed by atoms with Gasteiger partial charge in [0.1, 0.15) is 29.4 Å². The highest BCUT2D eigenvalue weighted by Crippen LogP contribution is 2.51. The highest BCUT2D eigenvalue weighted by atomic mass is 32.2. The Kier molecular flexibility index (Phi) is 5.48. The first-order valence-electron chi connectivity index (χ1n) is 10.2. The molecule has 8 nitrogen and oxygen atoms in total. The van der Waals surface area contributed by atoms with Crippen molar-refractivity contribution < 1.29 is 44.0 Å². The predicted molar refractivity (Wildman–Crippen MR) is 115 cm³/mol. The van der Waals surface area contributed by atoms with E-state index in [1.165, 1.54) is 36.5 Å². The Labute approximate surface area is 200 Å². The van der Waals surface area contributed by atoms with E-state index in [2.05, 4.69) is 14.5 Å². The zero-order valence-electron chi connectivity index (χ0n) is 18.0. The van der Waals surface area contributed by atoms with E-state index in [0.29, 0.717) is 5.56 Å². The summed E-state index contributed by atoms with van der Waals surface area (Å²) < 4.78 is 107. The number of pyridine rings is 1. The highest BCUT2D eigenvalue weighted by Gasteiger charge is 2.52. The van der Waals surface area contributed by atoms with E-state index in [1.807, 2.05) is 0 Å². The fourth-order valence-corrected chi connectivity index (χ4v) is 4.66. The lowest BCUT2D eigenvalue weighted by Gasteiger charge is -2.47. The van der Waals surface area contributed by atoms with Gasteiger partial charge in [0.05, 0.1) is 6.61 Å². The summed E-state index contributed by atoms with van der Waals surface area (Å²) in [4.78, 5) is 3.61. The van der Waals surface area contributed by atoms with Crippen molar-refractivity contribution in [3.8, 4) is 28.4 Å². The van der Waals surface area contributed by atoms with Gasteiger partial charge in [-0.25, -0.2) is 9.37 Å². The largest absolute Gasteiger partial charge is 0.534 e. The van der Waals surface area contributed by atoms with Crippen LogP contribution in [-0.2, 0) is 20.4 Å². The van der Waals surface area contributed by atoms with Crippen molar-refractivity contribution in [3.63, 3.8) is 0 Å². The van der Waals surface area contributed by atoms with Crippen molar-refractivity contribution in [3.05, 3.63) is 71.8 Å². The topological polar surface area (TPSA) is 113 Å². The SMILES string of the molecule is NC1(F)COCC2(N1)c1cc(OS(=O)(=O)C(F)(F)F)ccc1Oc1ccc(-c3cccnc3F)cc12. The van der Waals surface area contributed by atoms with Crippen LogP contribution in [0.3, 0.4) is 0 Å². The standard InChI is InChI=1S/C22H16F5N3O5S/c23-19-14(2-1-7-29-19)12-3-5-17-15(8-12)20(10-33-11-21(24,28)30-20)16-9-13(4-6-18(16)34-17)35-36(31,32)22(25,26)27/h1-9,30H,10-11,28H2. The summed E-state index contributed by atoms with van der Waals surface area (Å²) in [6.07, 6.45) is 1.26. The van der Waals surface area contributed by atoms with Gasteiger partial charge in [-0.1, -0.05) is 6.07 Å². The number of ether oxygens (including phenoxy) is 2. The molecule has 14 heteroatoms. The van der Waals surface area contributed by atoms with Crippen LogP contribution >= 0.6 is 0 Å². The summed E-state index contributed by atoms with van der Waals surface area (Å²) in [6.45, 7) is -0.844. The molecule has 0 amide bonds. The van der Waals surface area contributed by atoms with Gasteiger partial charge in [0.2, 0.25) is 11.9 Å². The Balaban J connectivity index is 1.69. The van der Waals surface area contributed by atoms with Crippen LogP contribution in [0.2, 0.25) is 0 Å². The predicted octanol–water partition coefficient (Wildman–Crippen LogP) is 3.67. The average molecular weight is 529 g/mol. The number of benzene rings is 2. The first-order valence-corrected chi connectivity index (χ1v) is 11.7. The summed E-state index contributed by atoms with van der Waals surface area (Å²) in [5.74, 6) is -3.84. The van der Waals surface area contributed by atoms with Gasteiger partial charge in [0, 0.05) is 22.9 Å². The smallest absolute Gasteiger partial charge is 0.457 e. The second-order valence-electron chi connectivity index (χ2n) is 8.18. The summed E-state index contributed by atoms with van der Waals surface area (Å²) in [5, 5.41) is 2.60. The van der Waals surface area contributed by atoms with Crippen LogP contribution < -0.4 is 20.0 Å². The molecule has 0 aliphatic carbocycles. The maximum absolute atomic E-state index is 15.1. The molecule has 1 saturated heterocycles. The van der Waals surface area contributed by atoms with Crippen LogP contribution in [0.4, 0.5) is 22.0 Å². The molecule has 0 bridgehead atoms. The lowest BCUT2D eigenvalue weighted by Crippen LogP contribution is -2.67. The third-order valence-corrected chi connectivity index (χ3v) is 6.66. The third kappa shape index (κ3) is 4.05. The molecule has 0 saturated carbocycles. The summed E-state index contributed by atoms with van der Waals surface area (Å²) in [5.41, 5.74) is -1.04. The molecule has 2 aliphatic rings. The Morgan fingerprint density at radius 3 is 2.42 bits per heavy atom. The molecule has 36 heavy (non-hydrogen) atoms. The quantitative estimate of drug-likeness (QED) is 0.174. The van der Waals surface area contributed by atoms with E-state index in [-0.39, 0.29) is 34.8 Å². The number of rotatable bonds is 3. The van der Waals surface area contributed by atoms with Gasteiger partial charge in [0.15, 0.2) is 0 Å². The number of hydrogen-bond acceptors (Lipinski definition) is 8. The summed E-state index contributed by atoms with van der Waals surface area (Å²) in [6, 6.07) is 10.6. The number of alkyl halides is 4. The van der Waals surface area contributed by atoms with Crippen LogP contribution in [0.1, 0.15) is 11.1 Å². The number of nitrogens with zero attached hydrogens (tertiary/aromatic N) is 1. The molecule has 2 aliphatic heterocycles. The number of morpholine rings is 1. The van der Waals surface area contributed by atoms with Crippen LogP contribution in [0.15, 0.2) is 54.7 Å². The van der Waals surface area contributed by atoms with Gasteiger partial charge < -0.3 is 13.7 Å².